The number of halogens is 4. The number of hydrogen-bond donors (Lipinski definition) is 1. The fourth-order valence-electron chi connectivity index (χ4n) is 2.95. The highest BCUT2D eigenvalue weighted by atomic mass is 19.4. The van der Waals surface area contributed by atoms with E-state index < -0.39 is 17.8 Å². The van der Waals surface area contributed by atoms with Crippen molar-refractivity contribution >= 4 is 11.7 Å². The van der Waals surface area contributed by atoms with Gasteiger partial charge in [-0.2, -0.15) is 13.2 Å². The van der Waals surface area contributed by atoms with Crippen molar-refractivity contribution in [2.45, 2.75) is 12.7 Å². The van der Waals surface area contributed by atoms with Crippen molar-refractivity contribution in [1.29, 1.82) is 0 Å². The van der Waals surface area contributed by atoms with Crippen LogP contribution < -0.4 is 5.32 Å². The molecule has 144 valence electrons. The summed E-state index contributed by atoms with van der Waals surface area (Å²) >= 11 is 0. The average molecular weight is 381 g/mol. The molecule has 2 aromatic carbocycles. The molecule has 1 heterocycles. The number of carbonyl (C=O) groups is 1. The second kappa shape index (κ2) is 7.96. The molecule has 2 amide bonds. The summed E-state index contributed by atoms with van der Waals surface area (Å²) in [7, 11) is 0. The molecule has 3 rings (SSSR count). The van der Waals surface area contributed by atoms with E-state index in [-0.39, 0.29) is 11.5 Å². The van der Waals surface area contributed by atoms with Gasteiger partial charge < -0.3 is 10.2 Å². The SMILES string of the molecule is O=C(Nc1cccc(C(F)(F)F)c1)N1CCN(Cc2ccccc2F)CC1. The van der Waals surface area contributed by atoms with Crippen molar-refractivity contribution in [2.75, 3.05) is 31.5 Å². The Morgan fingerprint density at radius 1 is 1.00 bits per heavy atom. The van der Waals surface area contributed by atoms with Gasteiger partial charge in [0.15, 0.2) is 0 Å². The molecule has 1 aliphatic heterocycles. The number of carbonyl (C=O) groups excluding carboxylic acids is 1. The molecule has 0 spiro atoms. The molecular formula is C19H19F4N3O. The molecule has 0 bridgehead atoms. The Hall–Kier alpha value is -2.61. The van der Waals surface area contributed by atoms with Crippen LogP contribution in [0, 0.1) is 5.82 Å². The molecule has 1 fully saturated rings. The summed E-state index contributed by atoms with van der Waals surface area (Å²) in [5, 5.41) is 2.51. The van der Waals surface area contributed by atoms with E-state index >= 15 is 0 Å². The van der Waals surface area contributed by atoms with Crippen LogP contribution in [-0.2, 0) is 12.7 Å². The number of alkyl halides is 3. The predicted octanol–water partition coefficient (Wildman–Crippen LogP) is 4.19. The van der Waals surface area contributed by atoms with Gasteiger partial charge in [-0.25, -0.2) is 9.18 Å². The van der Waals surface area contributed by atoms with E-state index in [4.69, 9.17) is 0 Å². The van der Waals surface area contributed by atoms with E-state index in [0.29, 0.717) is 38.3 Å². The topological polar surface area (TPSA) is 35.6 Å². The minimum Gasteiger partial charge on any atom is -0.322 e. The Morgan fingerprint density at radius 2 is 1.70 bits per heavy atom. The third kappa shape index (κ3) is 4.97. The van der Waals surface area contributed by atoms with Crippen molar-refractivity contribution in [3.05, 3.63) is 65.5 Å². The largest absolute Gasteiger partial charge is 0.416 e. The summed E-state index contributed by atoms with van der Waals surface area (Å²) in [4.78, 5) is 15.9. The number of rotatable bonds is 3. The van der Waals surface area contributed by atoms with Crippen molar-refractivity contribution in [1.82, 2.24) is 9.80 Å². The van der Waals surface area contributed by atoms with E-state index in [2.05, 4.69) is 5.32 Å². The first-order chi connectivity index (χ1) is 12.8. The maximum absolute atomic E-state index is 13.7. The van der Waals surface area contributed by atoms with Crippen molar-refractivity contribution in [2.24, 2.45) is 0 Å². The van der Waals surface area contributed by atoms with E-state index in [0.717, 1.165) is 12.1 Å². The molecule has 27 heavy (non-hydrogen) atoms. The Morgan fingerprint density at radius 3 is 2.37 bits per heavy atom. The third-order valence-corrected chi connectivity index (χ3v) is 4.45. The molecule has 0 aromatic heterocycles. The van der Waals surface area contributed by atoms with Crippen LogP contribution in [0.25, 0.3) is 0 Å². The maximum Gasteiger partial charge on any atom is 0.416 e. The molecule has 8 heteroatoms. The zero-order chi connectivity index (χ0) is 19.4. The number of urea groups is 1. The summed E-state index contributed by atoms with van der Waals surface area (Å²) in [5.74, 6) is -0.262. The van der Waals surface area contributed by atoms with Gasteiger partial charge in [0.2, 0.25) is 0 Å². The lowest BCUT2D eigenvalue weighted by Crippen LogP contribution is -2.49. The number of nitrogens with one attached hydrogen (secondary N) is 1. The van der Waals surface area contributed by atoms with Gasteiger partial charge in [0.05, 0.1) is 5.56 Å². The molecule has 4 nitrogen and oxygen atoms in total. The first kappa shape index (κ1) is 19.2. The summed E-state index contributed by atoms with van der Waals surface area (Å²) in [5.41, 5.74) is -0.113. The van der Waals surface area contributed by atoms with E-state index in [1.54, 1.807) is 18.2 Å². The second-order valence-corrected chi connectivity index (χ2v) is 6.36. The Labute approximate surface area is 154 Å². The highest BCUT2D eigenvalue weighted by Gasteiger charge is 2.30. The molecule has 2 aromatic rings. The fourth-order valence-corrected chi connectivity index (χ4v) is 2.95. The van der Waals surface area contributed by atoms with Crippen LogP contribution in [0.5, 0.6) is 0 Å². The smallest absolute Gasteiger partial charge is 0.322 e. The zero-order valence-corrected chi connectivity index (χ0v) is 14.5. The minimum atomic E-state index is -4.46. The fraction of sp³-hybridized carbons (Fsp3) is 0.316. The van der Waals surface area contributed by atoms with E-state index in [9.17, 15) is 22.4 Å². The van der Waals surface area contributed by atoms with Crippen molar-refractivity contribution in [3.63, 3.8) is 0 Å². The second-order valence-electron chi connectivity index (χ2n) is 6.36. The monoisotopic (exact) mass is 381 g/mol. The Kier molecular flexibility index (Phi) is 5.65. The quantitative estimate of drug-likeness (QED) is 0.809. The van der Waals surface area contributed by atoms with Crippen LogP contribution in [0.15, 0.2) is 48.5 Å². The van der Waals surface area contributed by atoms with Crippen LogP contribution in [0.2, 0.25) is 0 Å². The number of nitrogens with zero attached hydrogens (tertiary/aromatic N) is 2. The maximum atomic E-state index is 13.7. The van der Waals surface area contributed by atoms with Crippen LogP contribution in [0.3, 0.4) is 0 Å². The van der Waals surface area contributed by atoms with Gasteiger partial charge in [-0.05, 0) is 24.3 Å². The average Bonchev–Trinajstić information content (AvgIpc) is 2.64. The molecule has 0 saturated carbocycles. The molecule has 0 radical (unpaired) electrons. The Bertz CT molecular complexity index is 802. The molecule has 1 N–H and O–H groups in total. The standard InChI is InChI=1S/C19H19F4N3O/c20-17-7-2-1-4-14(17)13-25-8-10-26(11-9-25)18(27)24-16-6-3-5-15(12-16)19(21,22)23/h1-7,12H,8-11,13H2,(H,24,27). The number of anilines is 1. The van der Waals surface area contributed by atoms with Gasteiger partial charge in [0.1, 0.15) is 5.82 Å². The van der Waals surface area contributed by atoms with Gasteiger partial charge in [0.25, 0.3) is 0 Å². The normalized spacial score (nSPS) is 15.6. The summed E-state index contributed by atoms with van der Waals surface area (Å²) in [6.07, 6.45) is -4.46. The molecular weight excluding hydrogens is 362 g/mol. The third-order valence-electron chi connectivity index (χ3n) is 4.45. The molecule has 0 unspecified atom stereocenters. The number of amides is 2. The lowest BCUT2D eigenvalue weighted by molar-refractivity contribution is -0.137. The highest BCUT2D eigenvalue weighted by molar-refractivity contribution is 5.89. The van der Waals surface area contributed by atoms with Crippen molar-refractivity contribution in [3.8, 4) is 0 Å². The predicted molar refractivity (Wildman–Crippen MR) is 93.7 cm³/mol. The minimum absolute atomic E-state index is 0.101. The van der Waals surface area contributed by atoms with Crippen molar-refractivity contribution < 1.29 is 22.4 Å². The lowest BCUT2D eigenvalue weighted by Gasteiger charge is -2.34. The first-order valence-electron chi connectivity index (χ1n) is 8.52. The van der Waals surface area contributed by atoms with Crippen LogP contribution in [0.1, 0.15) is 11.1 Å². The highest BCUT2D eigenvalue weighted by Crippen LogP contribution is 2.30. The zero-order valence-electron chi connectivity index (χ0n) is 14.5. The van der Waals surface area contributed by atoms with Gasteiger partial charge in [-0.15, -0.1) is 0 Å². The summed E-state index contributed by atoms with van der Waals surface area (Å²) in [6, 6.07) is 10.6. The number of benzene rings is 2. The van der Waals surface area contributed by atoms with Gasteiger partial charge >= 0.3 is 12.2 Å². The molecule has 0 atom stereocenters. The van der Waals surface area contributed by atoms with Gasteiger partial charge in [-0.3, -0.25) is 4.90 Å². The number of hydrogen-bond acceptors (Lipinski definition) is 2. The molecule has 1 aliphatic rings. The summed E-state index contributed by atoms with van der Waals surface area (Å²) in [6.45, 7) is 2.41. The van der Waals surface area contributed by atoms with Gasteiger partial charge in [-0.1, -0.05) is 24.3 Å². The van der Waals surface area contributed by atoms with Gasteiger partial charge in [0, 0.05) is 44.0 Å². The molecule has 1 saturated heterocycles. The Balaban J connectivity index is 1.54. The lowest BCUT2D eigenvalue weighted by atomic mass is 10.2. The van der Waals surface area contributed by atoms with Crippen LogP contribution in [0.4, 0.5) is 28.0 Å². The van der Waals surface area contributed by atoms with E-state index in [1.165, 1.54) is 23.1 Å². The molecule has 0 aliphatic carbocycles. The van der Waals surface area contributed by atoms with Crippen LogP contribution >= 0.6 is 0 Å². The first-order valence-corrected chi connectivity index (χ1v) is 8.52. The van der Waals surface area contributed by atoms with E-state index in [1.807, 2.05) is 4.90 Å². The number of piperazine rings is 1. The summed E-state index contributed by atoms with van der Waals surface area (Å²) < 4.78 is 52.0. The van der Waals surface area contributed by atoms with Crippen LogP contribution in [-0.4, -0.2) is 42.0 Å².